The fourth-order valence-electron chi connectivity index (χ4n) is 4.62. The number of aromatic nitrogens is 1. The highest BCUT2D eigenvalue weighted by molar-refractivity contribution is 6.08. The van der Waals surface area contributed by atoms with Crippen LogP contribution in [-0.2, 0) is 17.9 Å². The van der Waals surface area contributed by atoms with Crippen molar-refractivity contribution < 1.29 is 18.4 Å². The van der Waals surface area contributed by atoms with E-state index in [9.17, 15) is 18.8 Å². The van der Waals surface area contributed by atoms with E-state index in [-0.39, 0.29) is 47.6 Å². The maximum Gasteiger partial charge on any atom is 0.266 e. The standard InChI is InChI=1S/C28H24F2N4O3/c29-19-7-4-6-18(14-19)15-32-27(36)26-21-10-5-11-22(30)25(21)28(37)34(20-8-2-1-3-9-20)23(26)17-33-13-12-31-16-24(33)35/h1-11,14,31H,12-13,15-17H2,(H,32,36). The number of hydrogen-bond donors (Lipinski definition) is 2. The molecule has 0 unspecified atom stereocenters. The van der Waals surface area contributed by atoms with Gasteiger partial charge in [0.15, 0.2) is 0 Å². The number of halogens is 2. The molecule has 3 aromatic carbocycles. The molecule has 0 atom stereocenters. The molecule has 1 aliphatic rings. The van der Waals surface area contributed by atoms with E-state index in [2.05, 4.69) is 10.6 Å². The Hall–Kier alpha value is -4.37. The SMILES string of the molecule is O=C(NCc1cccc(F)c1)c1c(CN2CCNCC2=O)n(-c2ccccc2)c(=O)c2c(F)cccc12. The van der Waals surface area contributed by atoms with Gasteiger partial charge >= 0.3 is 0 Å². The van der Waals surface area contributed by atoms with Gasteiger partial charge in [-0.25, -0.2) is 8.78 Å². The van der Waals surface area contributed by atoms with E-state index >= 15 is 4.39 Å². The minimum absolute atomic E-state index is 0.0177. The molecule has 1 aromatic heterocycles. The van der Waals surface area contributed by atoms with E-state index in [4.69, 9.17) is 0 Å². The van der Waals surface area contributed by atoms with Crippen LogP contribution >= 0.6 is 0 Å². The van der Waals surface area contributed by atoms with Crippen LogP contribution in [0, 0.1) is 11.6 Å². The lowest BCUT2D eigenvalue weighted by atomic mass is 10.0. The van der Waals surface area contributed by atoms with Crippen LogP contribution in [0.25, 0.3) is 16.5 Å². The van der Waals surface area contributed by atoms with Gasteiger partial charge in [0.1, 0.15) is 11.6 Å². The molecule has 7 nitrogen and oxygen atoms in total. The van der Waals surface area contributed by atoms with Crippen molar-refractivity contribution in [3.8, 4) is 5.69 Å². The quantitative estimate of drug-likeness (QED) is 0.425. The van der Waals surface area contributed by atoms with Crippen molar-refractivity contribution >= 4 is 22.6 Å². The summed E-state index contributed by atoms with van der Waals surface area (Å²) in [6, 6.07) is 18.6. The number of nitrogens with one attached hydrogen (secondary N) is 2. The molecule has 1 saturated heterocycles. The third kappa shape index (κ3) is 4.85. The number of para-hydroxylation sites is 1. The van der Waals surface area contributed by atoms with Crippen molar-refractivity contribution in [3.63, 3.8) is 0 Å². The van der Waals surface area contributed by atoms with Gasteiger partial charge in [-0.2, -0.15) is 0 Å². The molecule has 1 fully saturated rings. The van der Waals surface area contributed by atoms with Gasteiger partial charge in [-0.1, -0.05) is 42.5 Å². The number of nitrogens with zero attached hydrogens (tertiary/aromatic N) is 2. The van der Waals surface area contributed by atoms with Crippen molar-refractivity contribution in [2.45, 2.75) is 13.1 Å². The highest BCUT2D eigenvalue weighted by atomic mass is 19.1. The Labute approximate surface area is 211 Å². The van der Waals surface area contributed by atoms with Crippen molar-refractivity contribution in [1.29, 1.82) is 0 Å². The molecular formula is C28H24F2N4O3. The smallest absolute Gasteiger partial charge is 0.266 e. The van der Waals surface area contributed by atoms with Crippen LogP contribution in [0.5, 0.6) is 0 Å². The predicted molar refractivity (Wildman–Crippen MR) is 135 cm³/mol. The van der Waals surface area contributed by atoms with Crippen LogP contribution in [0.2, 0.25) is 0 Å². The van der Waals surface area contributed by atoms with E-state index in [1.54, 1.807) is 47.4 Å². The normalized spacial score (nSPS) is 13.7. The average molecular weight is 503 g/mol. The fraction of sp³-hybridized carbons (Fsp3) is 0.179. The Morgan fingerprint density at radius 2 is 1.76 bits per heavy atom. The fourth-order valence-corrected chi connectivity index (χ4v) is 4.62. The van der Waals surface area contributed by atoms with E-state index < -0.39 is 23.1 Å². The summed E-state index contributed by atoms with van der Waals surface area (Å²) in [7, 11) is 0. The van der Waals surface area contributed by atoms with Crippen molar-refractivity contribution in [2.24, 2.45) is 0 Å². The second kappa shape index (κ2) is 10.3. The summed E-state index contributed by atoms with van der Waals surface area (Å²) in [5.74, 6) is -1.93. The average Bonchev–Trinajstić information content (AvgIpc) is 2.89. The lowest BCUT2D eigenvalue weighted by Crippen LogP contribution is -2.48. The molecule has 1 aliphatic heterocycles. The molecule has 37 heavy (non-hydrogen) atoms. The summed E-state index contributed by atoms with van der Waals surface area (Å²) in [4.78, 5) is 41.6. The summed E-state index contributed by atoms with van der Waals surface area (Å²) >= 11 is 0. The minimum Gasteiger partial charge on any atom is -0.348 e. The maximum atomic E-state index is 15.1. The highest BCUT2D eigenvalue weighted by Gasteiger charge is 2.28. The maximum absolute atomic E-state index is 15.1. The molecular weight excluding hydrogens is 478 g/mol. The predicted octanol–water partition coefficient (Wildman–Crippen LogP) is 3.13. The first-order valence-corrected chi connectivity index (χ1v) is 11.9. The van der Waals surface area contributed by atoms with Crippen molar-refractivity contribution in [1.82, 2.24) is 20.1 Å². The van der Waals surface area contributed by atoms with Crippen LogP contribution in [0.4, 0.5) is 8.78 Å². The second-order valence-corrected chi connectivity index (χ2v) is 8.76. The van der Waals surface area contributed by atoms with E-state index in [0.29, 0.717) is 24.3 Å². The van der Waals surface area contributed by atoms with E-state index in [1.807, 2.05) is 0 Å². The first-order valence-electron chi connectivity index (χ1n) is 11.9. The van der Waals surface area contributed by atoms with E-state index in [1.165, 1.54) is 34.9 Å². The molecule has 0 saturated carbocycles. The molecule has 0 aliphatic carbocycles. The molecule has 9 heteroatoms. The number of carbonyl (C=O) groups excluding carboxylic acids is 2. The van der Waals surface area contributed by atoms with Crippen LogP contribution in [0.15, 0.2) is 77.6 Å². The number of carbonyl (C=O) groups is 2. The van der Waals surface area contributed by atoms with Crippen molar-refractivity contribution in [2.75, 3.05) is 19.6 Å². The Kier molecular flexibility index (Phi) is 6.78. The molecule has 2 amide bonds. The van der Waals surface area contributed by atoms with Gasteiger partial charge in [-0.3, -0.25) is 19.0 Å². The second-order valence-electron chi connectivity index (χ2n) is 8.76. The number of piperazine rings is 1. The molecule has 2 N–H and O–H groups in total. The number of hydrogen-bond acceptors (Lipinski definition) is 4. The van der Waals surface area contributed by atoms with Crippen LogP contribution in [0.1, 0.15) is 21.6 Å². The summed E-state index contributed by atoms with van der Waals surface area (Å²) in [5.41, 5.74) is 0.703. The number of rotatable bonds is 6. The molecule has 0 bridgehead atoms. The Bertz CT molecular complexity index is 1550. The Balaban J connectivity index is 1.72. The monoisotopic (exact) mass is 502 g/mol. The lowest BCUT2D eigenvalue weighted by Gasteiger charge is -2.30. The third-order valence-corrected chi connectivity index (χ3v) is 6.37. The van der Waals surface area contributed by atoms with Crippen LogP contribution in [-0.4, -0.2) is 40.9 Å². The van der Waals surface area contributed by atoms with Crippen LogP contribution in [0.3, 0.4) is 0 Å². The number of pyridine rings is 1. The van der Waals surface area contributed by atoms with Gasteiger partial charge in [0, 0.05) is 30.7 Å². The zero-order valence-electron chi connectivity index (χ0n) is 19.8. The zero-order valence-corrected chi connectivity index (χ0v) is 19.8. The first-order chi connectivity index (χ1) is 17.9. The third-order valence-electron chi connectivity index (χ3n) is 6.37. The van der Waals surface area contributed by atoms with Gasteiger partial charge in [-0.05, 0) is 35.9 Å². The topological polar surface area (TPSA) is 83.4 Å². The Morgan fingerprint density at radius 1 is 0.973 bits per heavy atom. The molecule has 0 spiro atoms. The summed E-state index contributed by atoms with van der Waals surface area (Å²) in [6.07, 6.45) is 0. The summed E-state index contributed by atoms with van der Waals surface area (Å²) < 4.78 is 30.1. The number of amides is 2. The van der Waals surface area contributed by atoms with Crippen molar-refractivity contribution in [3.05, 3.63) is 112 Å². The summed E-state index contributed by atoms with van der Waals surface area (Å²) in [6.45, 7) is 1.07. The van der Waals surface area contributed by atoms with Gasteiger partial charge in [0.2, 0.25) is 5.91 Å². The number of fused-ring (bicyclic) bond motifs is 1. The van der Waals surface area contributed by atoms with Gasteiger partial charge in [0.05, 0.1) is 29.7 Å². The van der Waals surface area contributed by atoms with E-state index in [0.717, 1.165) is 0 Å². The highest BCUT2D eigenvalue weighted by Crippen LogP contribution is 2.26. The molecule has 4 aromatic rings. The van der Waals surface area contributed by atoms with Gasteiger partial charge < -0.3 is 15.5 Å². The minimum atomic E-state index is -0.754. The molecule has 5 rings (SSSR count). The largest absolute Gasteiger partial charge is 0.348 e. The van der Waals surface area contributed by atoms with Gasteiger partial charge in [0.25, 0.3) is 11.5 Å². The Morgan fingerprint density at radius 3 is 2.51 bits per heavy atom. The molecule has 2 heterocycles. The zero-order chi connectivity index (χ0) is 25.9. The summed E-state index contributed by atoms with van der Waals surface area (Å²) in [5, 5.41) is 5.71. The van der Waals surface area contributed by atoms with Gasteiger partial charge in [-0.15, -0.1) is 0 Å². The number of benzene rings is 3. The molecule has 188 valence electrons. The lowest BCUT2D eigenvalue weighted by molar-refractivity contribution is -0.132. The molecule has 0 radical (unpaired) electrons. The van der Waals surface area contributed by atoms with Crippen LogP contribution < -0.4 is 16.2 Å². The first kappa shape index (κ1) is 24.3.